The van der Waals surface area contributed by atoms with Crippen molar-refractivity contribution in [2.45, 2.75) is 0 Å². The normalized spacial score (nSPS) is 10.5. The van der Waals surface area contributed by atoms with Crippen molar-refractivity contribution in [2.75, 3.05) is 24.3 Å². The number of nitrogens with one attached hydrogen (secondary N) is 1. The number of carbonyl (C=O) groups is 1. The molecule has 0 aliphatic carbocycles. The average molecular weight is 370 g/mol. The molecule has 0 aliphatic rings. The van der Waals surface area contributed by atoms with Crippen molar-refractivity contribution in [1.82, 2.24) is 4.98 Å². The number of aromatic nitrogens is 1. The zero-order valence-corrected chi connectivity index (χ0v) is 15.1. The number of rotatable bonds is 4. The molecule has 6 heteroatoms. The lowest BCUT2D eigenvalue weighted by atomic mass is 10.1. The number of halogens is 2. The van der Waals surface area contributed by atoms with Crippen LogP contribution in [0.15, 0.2) is 60.8 Å². The second-order valence-corrected chi connectivity index (χ2v) is 6.33. The van der Waals surface area contributed by atoms with E-state index >= 15 is 0 Å². The van der Waals surface area contributed by atoms with Crippen molar-refractivity contribution in [1.29, 1.82) is 0 Å². The molecule has 0 fully saturated rings. The molecule has 1 amide bonds. The lowest BCUT2D eigenvalue weighted by molar-refractivity contribution is 0.102. The van der Waals surface area contributed by atoms with E-state index in [1.54, 1.807) is 30.5 Å². The van der Waals surface area contributed by atoms with Crippen LogP contribution in [0.3, 0.4) is 0 Å². The summed E-state index contributed by atoms with van der Waals surface area (Å²) in [5.41, 5.74) is 2.47. The first-order chi connectivity index (χ1) is 12.5. The summed E-state index contributed by atoms with van der Waals surface area (Å²) >= 11 is 6.09. The van der Waals surface area contributed by atoms with E-state index < -0.39 is 11.7 Å². The van der Waals surface area contributed by atoms with Gasteiger partial charge in [-0.2, -0.15) is 0 Å². The van der Waals surface area contributed by atoms with Crippen LogP contribution in [-0.2, 0) is 0 Å². The summed E-state index contributed by atoms with van der Waals surface area (Å²) in [6.45, 7) is 0. The SMILES string of the molecule is CN(C)c1cccc(NC(=O)c2ccc(-c3ncccc3Cl)cc2F)c1. The van der Waals surface area contributed by atoms with Gasteiger partial charge in [0.1, 0.15) is 5.82 Å². The van der Waals surface area contributed by atoms with Crippen LogP contribution in [0.2, 0.25) is 5.02 Å². The van der Waals surface area contributed by atoms with E-state index in [1.165, 1.54) is 12.1 Å². The minimum absolute atomic E-state index is 0.0453. The smallest absolute Gasteiger partial charge is 0.258 e. The van der Waals surface area contributed by atoms with Crippen LogP contribution in [0.5, 0.6) is 0 Å². The third kappa shape index (κ3) is 3.83. The Balaban J connectivity index is 1.85. The molecule has 132 valence electrons. The summed E-state index contributed by atoms with van der Waals surface area (Å²) in [7, 11) is 3.81. The Morgan fingerprint density at radius 2 is 1.92 bits per heavy atom. The number of benzene rings is 2. The monoisotopic (exact) mass is 369 g/mol. The van der Waals surface area contributed by atoms with Crippen LogP contribution in [0.4, 0.5) is 15.8 Å². The molecule has 3 aromatic rings. The molecule has 0 atom stereocenters. The highest BCUT2D eigenvalue weighted by Gasteiger charge is 2.15. The number of hydrogen-bond acceptors (Lipinski definition) is 3. The van der Waals surface area contributed by atoms with Gasteiger partial charge in [-0.25, -0.2) is 4.39 Å². The zero-order valence-electron chi connectivity index (χ0n) is 14.3. The Kier molecular flexibility index (Phi) is 5.19. The Labute approximate surface area is 156 Å². The maximum atomic E-state index is 14.5. The van der Waals surface area contributed by atoms with Gasteiger partial charge >= 0.3 is 0 Å². The molecule has 1 aromatic heterocycles. The maximum Gasteiger partial charge on any atom is 0.258 e. The topological polar surface area (TPSA) is 45.2 Å². The van der Waals surface area contributed by atoms with E-state index in [-0.39, 0.29) is 5.56 Å². The number of carbonyl (C=O) groups excluding carboxylic acids is 1. The van der Waals surface area contributed by atoms with Crippen molar-refractivity contribution in [3.63, 3.8) is 0 Å². The lowest BCUT2D eigenvalue weighted by Gasteiger charge is -2.14. The summed E-state index contributed by atoms with van der Waals surface area (Å²) < 4.78 is 14.5. The number of anilines is 2. The average Bonchev–Trinajstić information content (AvgIpc) is 2.62. The van der Waals surface area contributed by atoms with Crippen LogP contribution >= 0.6 is 11.6 Å². The second-order valence-electron chi connectivity index (χ2n) is 5.93. The van der Waals surface area contributed by atoms with E-state index in [4.69, 9.17) is 11.6 Å². The molecule has 0 spiro atoms. The van der Waals surface area contributed by atoms with E-state index in [1.807, 2.05) is 37.2 Å². The fourth-order valence-electron chi connectivity index (χ4n) is 2.50. The highest BCUT2D eigenvalue weighted by atomic mass is 35.5. The van der Waals surface area contributed by atoms with E-state index in [0.717, 1.165) is 5.69 Å². The van der Waals surface area contributed by atoms with Crippen LogP contribution in [0.1, 0.15) is 10.4 Å². The Morgan fingerprint density at radius 1 is 1.12 bits per heavy atom. The molecule has 0 aliphatic heterocycles. The first kappa shape index (κ1) is 17.9. The standard InChI is InChI=1S/C20H17ClFN3O/c1-25(2)15-6-3-5-14(12-15)24-20(26)16-9-8-13(11-18(16)22)19-17(21)7-4-10-23-19/h3-12H,1-2H3,(H,24,26). The van der Waals surface area contributed by atoms with Crippen LogP contribution < -0.4 is 10.2 Å². The second kappa shape index (κ2) is 7.54. The van der Waals surface area contributed by atoms with Crippen LogP contribution in [0, 0.1) is 5.82 Å². The van der Waals surface area contributed by atoms with Crippen molar-refractivity contribution >= 4 is 28.9 Å². The highest BCUT2D eigenvalue weighted by molar-refractivity contribution is 6.33. The highest BCUT2D eigenvalue weighted by Crippen LogP contribution is 2.27. The van der Waals surface area contributed by atoms with Gasteiger partial charge < -0.3 is 10.2 Å². The molecule has 4 nitrogen and oxygen atoms in total. The molecule has 0 unspecified atom stereocenters. The summed E-state index contributed by atoms with van der Waals surface area (Å²) in [6, 6.07) is 15.0. The third-order valence-corrected chi connectivity index (χ3v) is 4.17. The first-order valence-corrected chi connectivity index (χ1v) is 8.32. The molecule has 2 aromatic carbocycles. The summed E-state index contributed by atoms with van der Waals surface area (Å²) in [6.07, 6.45) is 1.58. The number of pyridine rings is 1. The van der Waals surface area contributed by atoms with Crippen molar-refractivity contribution in [2.24, 2.45) is 0 Å². The molecule has 1 N–H and O–H groups in total. The molecule has 0 bridgehead atoms. The molecule has 26 heavy (non-hydrogen) atoms. The predicted molar refractivity (Wildman–Crippen MR) is 103 cm³/mol. The molecule has 0 radical (unpaired) electrons. The molecule has 3 rings (SSSR count). The molecular formula is C20H17ClFN3O. The molecule has 1 heterocycles. The van der Waals surface area contributed by atoms with Gasteiger partial charge in [0.05, 0.1) is 16.3 Å². The maximum absolute atomic E-state index is 14.5. The fraction of sp³-hybridized carbons (Fsp3) is 0.100. The summed E-state index contributed by atoms with van der Waals surface area (Å²) in [5, 5.41) is 3.14. The predicted octanol–water partition coefficient (Wildman–Crippen LogP) is 4.86. The van der Waals surface area contributed by atoms with E-state index in [9.17, 15) is 9.18 Å². The summed E-state index contributed by atoms with van der Waals surface area (Å²) in [4.78, 5) is 18.5. The van der Waals surface area contributed by atoms with Crippen LogP contribution in [0.25, 0.3) is 11.3 Å². The minimum Gasteiger partial charge on any atom is -0.378 e. The Bertz CT molecular complexity index is 959. The number of hydrogen-bond donors (Lipinski definition) is 1. The van der Waals surface area contributed by atoms with Gasteiger partial charge in [-0.05, 0) is 42.5 Å². The van der Waals surface area contributed by atoms with Gasteiger partial charge in [0.15, 0.2) is 0 Å². The molecular weight excluding hydrogens is 353 g/mol. The van der Waals surface area contributed by atoms with Crippen molar-refractivity contribution < 1.29 is 9.18 Å². The van der Waals surface area contributed by atoms with Crippen molar-refractivity contribution in [3.8, 4) is 11.3 Å². The zero-order chi connectivity index (χ0) is 18.7. The van der Waals surface area contributed by atoms with E-state index in [0.29, 0.717) is 22.0 Å². The van der Waals surface area contributed by atoms with Gasteiger partial charge in [-0.15, -0.1) is 0 Å². The summed E-state index contributed by atoms with van der Waals surface area (Å²) in [5.74, 6) is -1.15. The Morgan fingerprint density at radius 3 is 2.62 bits per heavy atom. The van der Waals surface area contributed by atoms with Gasteiger partial charge in [-0.3, -0.25) is 9.78 Å². The van der Waals surface area contributed by atoms with Gasteiger partial charge in [0.25, 0.3) is 5.91 Å². The van der Waals surface area contributed by atoms with Gasteiger partial charge in [-0.1, -0.05) is 23.7 Å². The van der Waals surface area contributed by atoms with Crippen LogP contribution in [-0.4, -0.2) is 25.0 Å². The first-order valence-electron chi connectivity index (χ1n) is 7.95. The Hall–Kier alpha value is -2.92. The largest absolute Gasteiger partial charge is 0.378 e. The molecule has 0 saturated heterocycles. The quantitative estimate of drug-likeness (QED) is 0.714. The number of nitrogens with zero attached hydrogens (tertiary/aromatic N) is 2. The van der Waals surface area contributed by atoms with Gasteiger partial charge in [0.2, 0.25) is 0 Å². The fourth-order valence-corrected chi connectivity index (χ4v) is 2.74. The van der Waals surface area contributed by atoms with Crippen molar-refractivity contribution in [3.05, 3.63) is 77.2 Å². The third-order valence-electron chi connectivity index (χ3n) is 3.87. The molecule has 0 saturated carbocycles. The van der Waals surface area contributed by atoms with Gasteiger partial charge in [0, 0.05) is 37.2 Å². The number of amides is 1. The minimum atomic E-state index is -0.634. The lowest BCUT2D eigenvalue weighted by Crippen LogP contribution is -2.15. The van der Waals surface area contributed by atoms with E-state index in [2.05, 4.69) is 10.3 Å².